The Bertz CT molecular complexity index is 151. The molecule has 0 atom stereocenters. The highest BCUT2D eigenvalue weighted by molar-refractivity contribution is 5.78. The van der Waals surface area contributed by atoms with E-state index in [2.05, 4.69) is 17.5 Å². The molecule has 0 aromatic rings. The molecule has 0 bridgehead atoms. The van der Waals surface area contributed by atoms with E-state index in [9.17, 15) is 0 Å². The van der Waals surface area contributed by atoms with E-state index in [1.807, 2.05) is 13.8 Å². The van der Waals surface area contributed by atoms with E-state index in [0.717, 1.165) is 11.6 Å². The average Bonchev–Trinajstić information content (AvgIpc) is 2.03. The summed E-state index contributed by atoms with van der Waals surface area (Å²) >= 11 is 0. The van der Waals surface area contributed by atoms with E-state index in [-0.39, 0.29) is 0 Å². The highest BCUT2D eigenvalue weighted by atomic mass is 15.3. The zero-order valence-corrected chi connectivity index (χ0v) is 8.43. The zero-order chi connectivity index (χ0) is 8.97. The Morgan fingerprint density at radius 1 is 1.17 bits per heavy atom. The Hall–Kier alpha value is -0.530. The molecule has 1 fully saturated rings. The molecule has 1 rings (SSSR count). The van der Waals surface area contributed by atoms with Gasteiger partial charge in [-0.3, -0.25) is 0 Å². The highest BCUT2D eigenvalue weighted by Crippen LogP contribution is 2.23. The molecule has 0 amide bonds. The molecular formula is C10H20N2. The predicted molar refractivity (Wildman–Crippen MR) is 53.3 cm³/mol. The highest BCUT2D eigenvalue weighted by Gasteiger charge is 2.16. The second kappa shape index (κ2) is 4.48. The predicted octanol–water partition coefficient (Wildman–Crippen LogP) is 2.55. The van der Waals surface area contributed by atoms with Crippen molar-refractivity contribution in [3.63, 3.8) is 0 Å². The van der Waals surface area contributed by atoms with Crippen molar-refractivity contribution in [3.05, 3.63) is 0 Å². The van der Waals surface area contributed by atoms with E-state index < -0.39 is 0 Å². The van der Waals surface area contributed by atoms with Crippen LogP contribution in [0.5, 0.6) is 0 Å². The van der Waals surface area contributed by atoms with Gasteiger partial charge in [0.25, 0.3) is 0 Å². The van der Waals surface area contributed by atoms with E-state index in [0.29, 0.717) is 6.04 Å². The van der Waals surface area contributed by atoms with Crippen LogP contribution in [0.4, 0.5) is 0 Å². The van der Waals surface area contributed by atoms with Crippen LogP contribution in [0.1, 0.15) is 46.5 Å². The number of hydrazone groups is 1. The van der Waals surface area contributed by atoms with Crippen LogP contribution in [0.3, 0.4) is 0 Å². The molecule has 2 nitrogen and oxygen atoms in total. The van der Waals surface area contributed by atoms with Crippen LogP contribution >= 0.6 is 0 Å². The van der Waals surface area contributed by atoms with Crippen molar-refractivity contribution in [2.24, 2.45) is 11.0 Å². The average molecular weight is 168 g/mol. The molecule has 1 saturated carbocycles. The van der Waals surface area contributed by atoms with Crippen molar-refractivity contribution in [3.8, 4) is 0 Å². The van der Waals surface area contributed by atoms with Gasteiger partial charge in [-0.05, 0) is 45.4 Å². The summed E-state index contributed by atoms with van der Waals surface area (Å²) in [5, 5.41) is 4.24. The van der Waals surface area contributed by atoms with Gasteiger partial charge in [-0.1, -0.05) is 6.92 Å². The molecule has 0 unspecified atom stereocenters. The Kier molecular flexibility index (Phi) is 3.57. The lowest BCUT2D eigenvalue weighted by Gasteiger charge is -2.25. The SMILES string of the molecule is CC(C)=NNC1CCC(C)CC1. The molecule has 0 radical (unpaired) electrons. The molecule has 1 N–H and O–H groups in total. The zero-order valence-electron chi connectivity index (χ0n) is 8.43. The van der Waals surface area contributed by atoms with E-state index >= 15 is 0 Å². The molecule has 0 aliphatic heterocycles. The minimum absolute atomic E-state index is 0.635. The molecule has 70 valence electrons. The summed E-state index contributed by atoms with van der Waals surface area (Å²) in [7, 11) is 0. The van der Waals surface area contributed by atoms with Crippen LogP contribution in [0.25, 0.3) is 0 Å². The topological polar surface area (TPSA) is 24.4 Å². The summed E-state index contributed by atoms with van der Waals surface area (Å²) in [5.74, 6) is 0.926. The maximum absolute atomic E-state index is 4.24. The number of nitrogens with zero attached hydrogens (tertiary/aromatic N) is 1. The number of hydrogen-bond donors (Lipinski definition) is 1. The molecule has 0 spiro atoms. The lowest BCUT2D eigenvalue weighted by atomic mass is 9.88. The normalized spacial score (nSPS) is 29.6. The van der Waals surface area contributed by atoms with Gasteiger partial charge >= 0.3 is 0 Å². The van der Waals surface area contributed by atoms with Gasteiger partial charge in [-0.2, -0.15) is 5.10 Å². The minimum atomic E-state index is 0.635. The third-order valence-corrected chi connectivity index (χ3v) is 2.49. The molecule has 0 heterocycles. The first-order valence-corrected chi connectivity index (χ1v) is 4.95. The molecular weight excluding hydrogens is 148 g/mol. The maximum atomic E-state index is 4.24. The van der Waals surface area contributed by atoms with Gasteiger partial charge < -0.3 is 5.43 Å². The van der Waals surface area contributed by atoms with Crippen LogP contribution in [0, 0.1) is 5.92 Å². The van der Waals surface area contributed by atoms with Gasteiger partial charge in [0.05, 0.1) is 0 Å². The fraction of sp³-hybridized carbons (Fsp3) is 0.900. The Morgan fingerprint density at radius 2 is 1.75 bits per heavy atom. The number of hydrogen-bond acceptors (Lipinski definition) is 2. The molecule has 2 heteroatoms. The summed E-state index contributed by atoms with van der Waals surface area (Å²) in [5.41, 5.74) is 4.35. The van der Waals surface area contributed by atoms with Crippen LogP contribution in [0.15, 0.2) is 5.10 Å². The first kappa shape index (κ1) is 9.56. The second-order valence-electron chi connectivity index (χ2n) is 4.14. The molecule has 12 heavy (non-hydrogen) atoms. The van der Waals surface area contributed by atoms with Crippen molar-refractivity contribution in [1.29, 1.82) is 0 Å². The lowest BCUT2D eigenvalue weighted by Crippen LogP contribution is -2.29. The summed E-state index contributed by atoms with van der Waals surface area (Å²) < 4.78 is 0. The van der Waals surface area contributed by atoms with Crippen molar-refractivity contribution in [2.45, 2.75) is 52.5 Å². The van der Waals surface area contributed by atoms with Crippen LogP contribution in [-0.2, 0) is 0 Å². The van der Waals surface area contributed by atoms with Crippen molar-refractivity contribution >= 4 is 5.71 Å². The number of rotatable bonds is 2. The summed E-state index contributed by atoms with van der Waals surface area (Å²) in [6.45, 7) is 6.39. The van der Waals surface area contributed by atoms with E-state index in [1.54, 1.807) is 0 Å². The van der Waals surface area contributed by atoms with Gasteiger partial charge in [-0.25, -0.2) is 0 Å². The quantitative estimate of drug-likeness (QED) is 0.497. The van der Waals surface area contributed by atoms with Crippen LogP contribution < -0.4 is 5.43 Å². The third kappa shape index (κ3) is 3.24. The van der Waals surface area contributed by atoms with Crippen molar-refractivity contribution < 1.29 is 0 Å². The molecule has 0 aromatic heterocycles. The molecule has 0 saturated heterocycles. The van der Waals surface area contributed by atoms with Gasteiger partial charge in [-0.15, -0.1) is 0 Å². The third-order valence-electron chi connectivity index (χ3n) is 2.49. The molecule has 1 aliphatic rings. The fourth-order valence-corrected chi connectivity index (χ4v) is 1.61. The first-order chi connectivity index (χ1) is 5.68. The number of nitrogens with one attached hydrogen (secondary N) is 1. The summed E-state index contributed by atoms with van der Waals surface area (Å²) in [4.78, 5) is 0. The van der Waals surface area contributed by atoms with Gasteiger partial charge in [0.15, 0.2) is 0 Å². The van der Waals surface area contributed by atoms with Crippen molar-refractivity contribution in [1.82, 2.24) is 5.43 Å². The fourth-order valence-electron chi connectivity index (χ4n) is 1.61. The largest absolute Gasteiger partial charge is 0.307 e. The Balaban J connectivity index is 2.22. The van der Waals surface area contributed by atoms with E-state index in [1.165, 1.54) is 25.7 Å². The van der Waals surface area contributed by atoms with Gasteiger partial charge in [0.2, 0.25) is 0 Å². The Labute approximate surface area is 75.4 Å². The molecule has 1 aliphatic carbocycles. The van der Waals surface area contributed by atoms with Crippen LogP contribution in [-0.4, -0.2) is 11.8 Å². The summed E-state index contributed by atoms with van der Waals surface area (Å²) in [6.07, 6.45) is 5.29. The molecule has 0 aromatic carbocycles. The first-order valence-electron chi connectivity index (χ1n) is 4.95. The second-order valence-corrected chi connectivity index (χ2v) is 4.14. The standard InChI is InChI=1S/C10H20N2/c1-8(2)11-12-10-6-4-9(3)5-7-10/h9-10,12H,4-7H2,1-3H3. The Morgan fingerprint density at radius 3 is 2.25 bits per heavy atom. The lowest BCUT2D eigenvalue weighted by molar-refractivity contribution is 0.311. The van der Waals surface area contributed by atoms with Gasteiger partial charge in [0, 0.05) is 11.8 Å². The minimum Gasteiger partial charge on any atom is -0.307 e. The van der Waals surface area contributed by atoms with E-state index in [4.69, 9.17) is 0 Å². The van der Waals surface area contributed by atoms with Crippen LogP contribution in [0.2, 0.25) is 0 Å². The maximum Gasteiger partial charge on any atom is 0.0440 e. The van der Waals surface area contributed by atoms with Gasteiger partial charge in [0.1, 0.15) is 0 Å². The van der Waals surface area contributed by atoms with Crippen molar-refractivity contribution in [2.75, 3.05) is 0 Å². The summed E-state index contributed by atoms with van der Waals surface area (Å²) in [6, 6.07) is 0.635. The smallest absolute Gasteiger partial charge is 0.0440 e. The monoisotopic (exact) mass is 168 g/mol.